The summed E-state index contributed by atoms with van der Waals surface area (Å²) in [6.07, 6.45) is 1.43. The molecule has 0 aliphatic carbocycles. The SMILES string of the molecule is CCc1noc(CN(C)CC(=O)NCCc2ccc(OC)c(OC)c2)n1. The van der Waals surface area contributed by atoms with Crippen molar-refractivity contribution in [2.45, 2.75) is 26.3 Å². The van der Waals surface area contributed by atoms with Crippen LogP contribution in [0, 0.1) is 0 Å². The summed E-state index contributed by atoms with van der Waals surface area (Å²) in [6.45, 7) is 3.21. The van der Waals surface area contributed by atoms with Gasteiger partial charge in [-0.05, 0) is 31.2 Å². The van der Waals surface area contributed by atoms with Crippen LogP contribution in [0.15, 0.2) is 22.7 Å². The molecule has 0 aliphatic rings. The van der Waals surface area contributed by atoms with Crippen molar-refractivity contribution in [3.8, 4) is 11.5 Å². The number of methoxy groups -OCH3 is 2. The number of carbonyl (C=O) groups is 1. The van der Waals surface area contributed by atoms with Gasteiger partial charge in [0.1, 0.15) is 0 Å². The van der Waals surface area contributed by atoms with Crippen LogP contribution in [0.4, 0.5) is 0 Å². The predicted molar refractivity (Wildman–Crippen MR) is 96.3 cm³/mol. The fourth-order valence-corrected chi connectivity index (χ4v) is 2.47. The van der Waals surface area contributed by atoms with Crippen molar-refractivity contribution in [1.82, 2.24) is 20.4 Å². The molecule has 1 heterocycles. The molecule has 0 atom stereocenters. The fourth-order valence-electron chi connectivity index (χ4n) is 2.47. The number of rotatable bonds is 10. The van der Waals surface area contributed by atoms with E-state index in [-0.39, 0.29) is 12.5 Å². The zero-order chi connectivity index (χ0) is 18.9. The molecule has 1 aromatic carbocycles. The topological polar surface area (TPSA) is 89.7 Å². The molecule has 8 nitrogen and oxygen atoms in total. The van der Waals surface area contributed by atoms with Gasteiger partial charge in [0, 0.05) is 13.0 Å². The van der Waals surface area contributed by atoms with Crippen LogP contribution in [0.3, 0.4) is 0 Å². The lowest BCUT2D eigenvalue weighted by atomic mass is 10.1. The summed E-state index contributed by atoms with van der Waals surface area (Å²) >= 11 is 0. The Morgan fingerprint density at radius 1 is 1.27 bits per heavy atom. The second-order valence-corrected chi connectivity index (χ2v) is 5.92. The number of hydrogen-bond donors (Lipinski definition) is 1. The van der Waals surface area contributed by atoms with E-state index < -0.39 is 0 Å². The second-order valence-electron chi connectivity index (χ2n) is 5.92. The monoisotopic (exact) mass is 362 g/mol. The molecule has 0 bridgehead atoms. The van der Waals surface area contributed by atoms with Gasteiger partial charge in [0.05, 0.1) is 27.3 Å². The van der Waals surface area contributed by atoms with Crippen LogP contribution in [0.2, 0.25) is 0 Å². The average Bonchev–Trinajstić information content (AvgIpc) is 3.08. The maximum absolute atomic E-state index is 12.1. The van der Waals surface area contributed by atoms with Gasteiger partial charge in [0.25, 0.3) is 0 Å². The van der Waals surface area contributed by atoms with Gasteiger partial charge < -0.3 is 19.3 Å². The fraction of sp³-hybridized carbons (Fsp3) is 0.500. The normalized spacial score (nSPS) is 10.8. The molecular weight excluding hydrogens is 336 g/mol. The lowest BCUT2D eigenvalue weighted by Gasteiger charge is -2.14. The third-order valence-electron chi connectivity index (χ3n) is 3.83. The lowest BCUT2D eigenvalue weighted by molar-refractivity contribution is -0.122. The van der Waals surface area contributed by atoms with Crippen LogP contribution in [-0.4, -0.2) is 55.3 Å². The maximum Gasteiger partial charge on any atom is 0.240 e. The molecule has 1 aromatic heterocycles. The predicted octanol–water partition coefficient (Wildman–Crippen LogP) is 1.44. The summed E-state index contributed by atoms with van der Waals surface area (Å²) in [4.78, 5) is 18.1. The summed E-state index contributed by atoms with van der Waals surface area (Å²) in [5, 5.41) is 6.75. The van der Waals surface area contributed by atoms with Crippen LogP contribution >= 0.6 is 0 Å². The summed E-state index contributed by atoms with van der Waals surface area (Å²) in [5.41, 5.74) is 1.06. The van der Waals surface area contributed by atoms with Crippen molar-refractivity contribution in [3.05, 3.63) is 35.5 Å². The minimum atomic E-state index is -0.0526. The van der Waals surface area contributed by atoms with Crippen LogP contribution < -0.4 is 14.8 Å². The summed E-state index contributed by atoms with van der Waals surface area (Å²) in [7, 11) is 5.04. The Hall–Kier alpha value is -2.61. The Labute approximate surface area is 153 Å². The van der Waals surface area contributed by atoms with Crippen molar-refractivity contribution in [3.63, 3.8) is 0 Å². The minimum Gasteiger partial charge on any atom is -0.493 e. The molecule has 1 amide bonds. The Morgan fingerprint density at radius 3 is 2.69 bits per heavy atom. The first-order valence-corrected chi connectivity index (χ1v) is 8.53. The van der Waals surface area contributed by atoms with Gasteiger partial charge in [0.15, 0.2) is 17.3 Å². The molecule has 26 heavy (non-hydrogen) atoms. The van der Waals surface area contributed by atoms with Crippen molar-refractivity contribution in [2.75, 3.05) is 34.4 Å². The van der Waals surface area contributed by atoms with Gasteiger partial charge in [0.2, 0.25) is 11.8 Å². The van der Waals surface area contributed by atoms with E-state index in [1.807, 2.05) is 37.1 Å². The van der Waals surface area contributed by atoms with Gasteiger partial charge in [-0.25, -0.2) is 0 Å². The smallest absolute Gasteiger partial charge is 0.240 e. The highest BCUT2D eigenvalue weighted by Gasteiger charge is 2.11. The highest BCUT2D eigenvalue weighted by Crippen LogP contribution is 2.27. The minimum absolute atomic E-state index is 0.0526. The number of nitrogens with one attached hydrogen (secondary N) is 1. The number of aryl methyl sites for hydroxylation is 1. The first-order valence-electron chi connectivity index (χ1n) is 8.53. The van der Waals surface area contributed by atoms with E-state index in [0.717, 1.165) is 12.0 Å². The molecule has 0 radical (unpaired) electrons. The van der Waals surface area contributed by atoms with Crippen molar-refractivity contribution < 1.29 is 18.8 Å². The Bertz CT molecular complexity index is 717. The van der Waals surface area contributed by atoms with Crippen LogP contribution in [0.1, 0.15) is 24.2 Å². The second kappa shape index (κ2) is 9.76. The van der Waals surface area contributed by atoms with Gasteiger partial charge in [-0.2, -0.15) is 4.98 Å². The number of aromatic nitrogens is 2. The van der Waals surface area contributed by atoms with E-state index in [2.05, 4.69) is 15.5 Å². The Morgan fingerprint density at radius 2 is 2.04 bits per heavy atom. The van der Waals surface area contributed by atoms with Gasteiger partial charge in [-0.3, -0.25) is 9.69 Å². The van der Waals surface area contributed by atoms with Crippen LogP contribution in [0.25, 0.3) is 0 Å². The molecular formula is C18H26N4O4. The molecule has 0 saturated carbocycles. The Balaban J connectivity index is 1.74. The first-order chi connectivity index (χ1) is 12.5. The van der Waals surface area contributed by atoms with Crippen molar-refractivity contribution in [1.29, 1.82) is 0 Å². The molecule has 142 valence electrons. The molecule has 1 N–H and O–H groups in total. The quantitative estimate of drug-likeness (QED) is 0.684. The zero-order valence-corrected chi connectivity index (χ0v) is 15.7. The summed E-state index contributed by atoms with van der Waals surface area (Å²) in [5.74, 6) is 2.51. The van der Waals surface area contributed by atoms with E-state index in [0.29, 0.717) is 42.7 Å². The largest absolute Gasteiger partial charge is 0.493 e. The number of carbonyl (C=O) groups excluding carboxylic acids is 1. The van der Waals surface area contributed by atoms with Crippen molar-refractivity contribution >= 4 is 5.91 Å². The number of likely N-dealkylation sites (N-methyl/N-ethyl adjacent to an activating group) is 1. The van der Waals surface area contributed by atoms with E-state index in [9.17, 15) is 4.79 Å². The molecule has 2 aromatic rings. The number of benzene rings is 1. The molecule has 0 aliphatic heterocycles. The molecule has 0 fully saturated rings. The molecule has 8 heteroatoms. The number of ether oxygens (including phenoxy) is 2. The highest BCUT2D eigenvalue weighted by molar-refractivity contribution is 5.77. The number of hydrogen-bond acceptors (Lipinski definition) is 7. The summed E-state index contributed by atoms with van der Waals surface area (Å²) < 4.78 is 15.6. The Kier molecular flexibility index (Phi) is 7.40. The van der Waals surface area contributed by atoms with Crippen molar-refractivity contribution in [2.24, 2.45) is 0 Å². The molecule has 0 spiro atoms. The zero-order valence-electron chi connectivity index (χ0n) is 15.7. The average molecular weight is 362 g/mol. The van der Waals surface area contributed by atoms with E-state index in [4.69, 9.17) is 14.0 Å². The number of amides is 1. The van der Waals surface area contributed by atoms with Gasteiger partial charge in [-0.15, -0.1) is 0 Å². The van der Waals surface area contributed by atoms with E-state index in [1.54, 1.807) is 14.2 Å². The highest BCUT2D eigenvalue weighted by atomic mass is 16.5. The van der Waals surface area contributed by atoms with Crippen LogP contribution in [-0.2, 0) is 24.2 Å². The van der Waals surface area contributed by atoms with Crippen LogP contribution in [0.5, 0.6) is 11.5 Å². The molecule has 2 rings (SSSR count). The summed E-state index contributed by atoms with van der Waals surface area (Å²) in [6, 6.07) is 5.73. The standard InChI is InChI=1S/C18H26N4O4/c1-5-16-20-18(26-21-16)12-22(2)11-17(23)19-9-8-13-6-7-14(24-3)15(10-13)25-4/h6-7,10H,5,8-9,11-12H2,1-4H3,(H,19,23). The van der Waals surface area contributed by atoms with E-state index in [1.165, 1.54) is 0 Å². The van der Waals surface area contributed by atoms with E-state index >= 15 is 0 Å². The third kappa shape index (κ3) is 5.73. The molecule has 0 unspecified atom stereocenters. The lowest BCUT2D eigenvalue weighted by Crippen LogP contribution is -2.35. The number of nitrogens with zero attached hydrogens (tertiary/aromatic N) is 3. The van der Waals surface area contributed by atoms with Gasteiger partial charge >= 0.3 is 0 Å². The van der Waals surface area contributed by atoms with Gasteiger partial charge in [-0.1, -0.05) is 18.1 Å². The molecule has 0 saturated heterocycles. The first kappa shape index (κ1) is 19.7. The maximum atomic E-state index is 12.1. The third-order valence-corrected chi connectivity index (χ3v) is 3.83.